The summed E-state index contributed by atoms with van der Waals surface area (Å²) in [5.74, 6) is -6.54. The highest BCUT2D eigenvalue weighted by molar-refractivity contribution is 6.24. The van der Waals surface area contributed by atoms with Crippen LogP contribution < -0.4 is 16.4 Å². The molecule has 1 unspecified atom stereocenters. The Kier molecular flexibility index (Phi) is 8.38. The third-order valence-corrected chi connectivity index (χ3v) is 8.67. The minimum absolute atomic E-state index is 0.0105. The zero-order valence-electron chi connectivity index (χ0n) is 26.4. The molecule has 11 nitrogen and oxygen atoms in total. The van der Waals surface area contributed by atoms with Crippen LogP contribution in [-0.4, -0.2) is 80.6 Å². The van der Waals surface area contributed by atoms with Gasteiger partial charge in [0.25, 0.3) is 5.91 Å². The summed E-state index contributed by atoms with van der Waals surface area (Å²) in [4.78, 5) is 41.2. The van der Waals surface area contributed by atoms with Crippen LogP contribution in [0.4, 0.5) is 0 Å². The first-order valence-corrected chi connectivity index (χ1v) is 14.7. The van der Waals surface area contributed by atoms with E-state index in [1.54, 1.807) is 14.1 Å². The lowest BCUT2D eigenvalue weighted by Crippen LogP contribution is -2.65. The summed E-state index contributed by atoms with van der Waals surface area (Å²) in [5.41, 5.74) is 3.68. The number of ketones is 2. The van der Waals surface area contributed by atoms with Gasteiger partial charge in [0.15, 0.2) is 11.4 Å². The minimum atomic E-state index is -2.66. The summed E-state index contributed by atoms with van der Waals surface area (Å²) in [7, 11) is 3.16. The predicted octanol–water partition coefficient (Wildman–Crippen LogP) is 1.99. The zero-order chi connectivity index (χ0) is 32.4. The number of aliphatic hydroxyl groups excluding tert-OH is 2. The second-order valence-electron chi connectivity index (χ2n) is 14.6. The van der Waals surface area contributed by atoms with E-state index in [-0.39, 0.29) is 40.7 Å². The number of nitrogens with zero attached hydrogens (tertiary/aromatic N) is 1. The first-order valence-electron chi connectivity index (χ1n) is 14.7. The number of hydrogen-bond acceptors (Lipinski definition) is 10. The first-order chi connectivity index (χ1) is 19.7. The topological polar surface area (TPSA) is 185 Å². The highest BCUT2D eigenvalue weighted by Gasteiger charge is 2.64. The largest absolute Gasteiger partial charge is 0.508 e. The fourth-order valence-corrected chi connectivity index (χ4v) is 6.68. The van der Waals surface area contributed by atoms with Crippen molar-refractivity contribution in [3.63, 3.8) is 0 Å². The molecule has 0 bridgehead atoms. The van der Waals surface area contributed by atoms with Crippen LogP contribution in [0.25, 0.3) is 5.76 Å². The number of likely N-dealkylation sites (N-methyl/N-ethyl adjacent to an activating group) is 1. The van der Waals surface area contributed by atoms with Crippen LogP contribution in [0.5, 0.6) is 5.75 Å². The molecule has 4 rings (SSSR count). The van der Waals surface area contributed by atoms with Gasteiger partial charge in [0.05, 0.1) is 11.6 Å². The molecule has 11 heteroatoms. The number of primary amides is 1. The number of nitrogens with one attached hydrogen (secondary N) is 2. The van der Waals surface area contributed by atoms with Crippen molar-refractivity contribution in [3.8, 4) is 5.75 Å². The normalized spacial score (nSPS) is 26.0. The van der Waals surface area contributed by atoms with Crippen LogP contribution in [0.3, 0.4) is 0 Å². The number of amides is 1. The van der Waals surface area contributed by atoms with Crippen molar-refractivity contribution in [1.29, 1.82) is 0 Å². The number of rotatable bonds is 7. The van der Waals surface area contributed by atoms with E-state index in [2.05, 4.69) is 31.4 Å². The van der Waals surface area contributed by atoms with Gasteiger partial charge in [-0.15, -0.1) is 0 Å². The number of Topliss-reactive ketones (excluding diaryl/α,β-unsaturated/α-hetero) is 2. The zero-order valence-corrected chi connectivity index (χ0v) is 26.4. The van der Waals surface area contributed by atoms with E-state index < -0.39 is 58.0 Å². The quantitative estimate of drug-likeness (QED) is 0.229. The Morgan fingerprint density at radius 2 is 1.70 bits per heavy atom. The number of aromatic hydroxyl groups is 1. The summed E-state index contributed by atoms with van der Waals surface area (Å²) in [5, 5.41) is 52.9. The molecule has 1 amide bonds. The smallest absolute Gasteiger partial charge is 0.255 e. The monoisotopic (exact) mass is 598 g/mol. The number of phenolic OH excluding ortho intramolecular Hbond substituents is 1. The van der Waals surface area contributed by atoms with Crippen molar-refractivity contribution in [2.45, 2.75) is 84.7 Å². The van der Waals surface area contributed by atoms with Crippen molar-refractivity contribution >= 4 is 23.2 Å². The highest BCUT2D eigenvalue weighted by atomic mass is 16.3. The van der Waals surface area contributed by atoms with Crippen LogP contribution in [0.1, 0.15) is 70.2 Å². The second kappa shape index (κ2) is 11.0. The summed E-state index contributed by atoms with van der Waals surface area (Å²) in [6.45, 7) is 13.8. The molecule has 0 radical (unpaired) electrons. The SMILES string of the molecule is CN(C)C1C(=O)C(C(N)=O)=C(O)[C@@]2(O)C(=O)C3=C(O)c4c(O)c(CNCC(C)(C)C)cc(CNC(C)(C)C)c4C[C@H]3C[C@@H]12. The molecule has 236 valence electrons. The van der Waals surface area contributed by atoms with Gasteiger partial charge in [-0.3, -0.25) is 19.3 Å². The Morgan fingerprint density at radius 3 is 2.23 bits per heavy atom. The molecular weight excluding hydrogens is 552 g/mol. The van der Waals surface area contributed by atoms with Crippen molar-refractivity contribution in [1.82, 2.24) is 15.5 Å². The number of hydrogen-bond donors (Lipinski definition) is 7. The van der Waals surface area contributed by atoms with Crippen LogP contribution >= 0.6 is 0 Å². The van der Waals surface area contributed by atoms with E-state index >= 15 is 0 Å². The maximum atomic E-state index is 14.2. The average Bonchev–Trinajstić information content (AvgIpc) is 2.85. The van der Waals surface area contributed by atoms with Gasteiger partial charge in [0.2, 0.25) is 5.78 Å². The molecule has 3 aliphatic rings. The van der Waals surface area contributed by atoms with Gasteiger partial charge in [-0.25, -0.2) is 0 Å². The number of carbonyl (C=O) groups excluding carboxylic acids is 3. The Balaban J connectivity index is 1.91. The maximum absolute atomic E-state index is 14.2. The van der Waals surface area contributed by atoms with Crippen LogP contribution in [0.2, 0.25) is 0 Å². The molecule has 1 aromatic rings. The molecule has 0 aliphatic heterocycles. The minimum Gasteiger partial charge on any atom is -0.508 e. The standard InChI is InChI=1S/C32H46N4O7/c1-30(2,3)14-34-12-17-9-16(13-35-31(4,5)6)18-10-15-11-19-23(36(7)8)26(39)22(29(33)42)28(41)32(19,43)27(40)20(15)25(38)21(18)24(17)37/h9,15,19,23,34-35,37-38,41,43H,10-14H2,1-8H3,(H2,33,42)/t15-,19-,23?,32-/m0/s1. The summed E-state index contributed by atoms with van der Waals surface area (Å²) >= 11 is 0. The fraction of sp³-hybridized carbons (Fsp3) is 0.594. The number of carbonyl (C=O) groups is 3. The number of nitrogens with two attached hydrogens (primary N) is 1. The molecule has 0 spiro atoms. The van der Waals surface area contributed by atoms with Crippen LogP contribution in [0, 0.1) is 17.3 Å². The Labute approximate surface area is 252 Å². The summed E-state index contributed by atoms with van der Waals surface area (Å²) in [6, 6.07) is 0.784. The lowest BCUT2D eigenvalue weighted by Gasteiger charge is -2.50. The molecule has 1 fully saturated rings. The van der Waals surface area contributed by atoms with Gasteiger partial charge in [-0.05, 0) is 76.2 Å². The number of phenols is 1. The Hall–Kier alpha value is -3.25. The summed E-state index contributed by atoms with van der Waals surface area (Å²) in [6.07, 6.45) is 0.298. The lowest BCUT2D eigenvalue weighted by molar-refractivity contribution is -0.153. The predicted molar refractivity (Wildman–Crippen MR) is 162 cm³/mol. The van der Waals surface area contributed by atoms with E-state index in [4.69, 9.17) is 5.73 Å². The molecule has 4 atom stereocenters. The van der Waals surface area contributed by atoms with Crippen molar-refractivity contribution in [3.05, 3.63) is 45.2 Å². The number of fused-ring (bicyclic) bond motifs is 3. The van der Waals surface area contributed by atoms with Gasteiger partial charge in [0, 0.05) is 42.2 Å². The lowest BCUT2D eigenvalue weighted by atomic mass is 9.57. The first kappa shape index (κ1) is 32.7. The Morgan fingerprint density at radius 1 is 1.07 bits per heavy atom. The fourth-order valence-electron chi connectivity index (χ4n) is 6.68. The van der Waals surface area contributed by atoms with Gasteiger partial charge in [-0.1, -0.05) is 20.8 Å². The van der Waals surface area contributed by atoms with Crippen LogP contribution in [-0.2, 0) is 33.9 Å². The van der Waals surface area contributed by atoms with E-state index in [0.717, 1.165) is 5.56 Å². The highest BCUT2D eigenvalue weighted by Crippen LogP contribution is 2.53. The van der Waals surface area contributed by atoms with Gasteiger partial charge >= 0.3 is 0 Å². The molecule has 43 heavy (non-hydrogen) atoms. The van der Waals surface area contributed by atoms with Crippen molar-refractivity contribution in [2.75, 3.05) is 20.6 Å². The molecule has 8 N–H and O–H groups in total. The van der Waals surface area contributed by atoms with Gasteiger partial charge < -0.3 is 36.8 Å². The molecular formula is C32H46N4O7. The molecule has 3 aliphatic carbocycles. The van der Waals surface area contributed by atoms with Crippen molar-refractivity contribution in [2.24, 2.45) is 23.0 Å². The van der Waals surface area contributed by atoms with E-state index in [0.29, 0.717) is 30.8 Å². The van der Waals surface area contributed by atoms with E-state index in [1.807, 2.05) is 26.8 Å². The maximum Gasteiger partial charge on any atom is 0.255 e. The third-order valence-electron chi connectivity index (χ3n) is 8.67. The third kappa shape index (κ3) is 5.71. The van der Waals surface area contributed by atoms with E-state index in [9.17, 15) is 34.8 Å². The second-order valence-corrected chi connectivity index (χ2v) is 14.6. The average molecular weight is 599 g/mol. The molecule has 1 aromatic carbocycles. The molecule has 0 saturated heterocycles. The van der Waals surface area contributed by atoms with Crippen LogP contribution in [0.15, 0.2) is 23.0 Å². The molecule has 0 heterocycles. The molecule has 0 aromatic heterocycles. The number of benzene rings is 1. The summed E-state index contributed by atoms with van der Waals surface area (Å²) < 4.78 is 0. The van der Waals surface area contributed by atoms with E-state index in [1.165, 1.54) is 4.90 Å². The Bertz CT molecular complexity index is 1430. The molecule has 1 saturated carbocycles. The van der Waals surface area contributed by atoms with Gasteiger partial charge in [0.1, 0.15) is 22.8 Å². The van der Waals surface area contributed by atoms with Gasteiger partial charge in [-0.2, -0.15) is 0 Å². The number of aliphatic hydroxyl groups is 3. The van der Waals surface area contributed by atoms with Crippen molar-refractivity contribution < 1.29 is 34.8 Å².